The molecular formula is C19H21N5OS2. The molecule has 27 heavy (non-hydrogen) atoms. The smallest absolute Gasteiger partial charge is 0.271 e. The number of carbonyl (C=O) groups is 1. The molecule has 0 radical (unpaired) electrons. The maximum absolute atomic E-state index is 12.3. The zero-order valence-corrected chi connectivity index (χ0v) is 17.3. The molecule has 0 aliphatic carbocycles. The molecule has 1 N–H and O–H groups in total. The quantitative estimate of drug-likeness (QED) is 0.387. The van der Waals surface area contributed by atoms with Gasteiger partial charge in [-0.2, -0.15) is 5.10 Å². The molecule has 0 spiro atoms. The number of rotatable bonds is 6. The lowest BCUT2D eigenvalue weighted by molar-refractivity contribution is 0.0955. The van der Waals surface area contributed by atoms with Gasteiger partial charge in [-0.05, 0) is 44.5 Å². The number of hydrogen-bond donors (Lipinski definition) is 1. The third-order valence-corrected chi connectivity index (χ3v) is 6.08. The summed E-state index contributed by atoms with van der Waals surface area (Å²) in [5.74, 6) is 0.550. The Hall–Kier alpha value is -2.45. The Bertz CT molecular complexity index is 972. The first-order chi connectivity index (χ1) is 12.9. The second-order valence-electron chi connectivity index (χ2n) is 6.18. The minimum atomic E-state index is -0.216. The highest BCUT2D eigenvalue weighted by molar-refractivity contribution is 7.98. The van der Waals surface area contributed by atoms with Crippen LogP contribution in [0.4, 0.5) is 0 Å². The molecule has 3 aromatic rings. The predicted molar refractivity (Wildman–Crippen MR) is 110 cm³/mol. The van der Waals surface area contributed by atoms with Gasteiger partial charge in [0.25, 0.3) is 5.91 Å². The molecule has 3 rings (SSSR count). The Morgan fingerprint density at radius 2 is 2.04 bits per heavy atom. The lowest BCUT2D eigenvalue weighted by Gasteiger charge is -2.05. The van der Waals surface area contributed by atoms with Crippen LogP contribution < -0.4 is 5.43 Å². The minimum Gasteiger partial charge on any atom is -0.312 e. The van der Waals surface area contributed by atoms with E-state index >= 15 is 0 Å². The highest BCUT2D eigenvalue weighted by atomic mass is 32.2. The Labute approximate surface area is 166 Å². The van der Waals surface area contributed by atoms with Crippen LogP contribution in [0.5, 0.6) is 0 Å². The lowest BCUT2D eigenvalue weighted by atomic mass is 10.1. The highest BCUT2D eigenvalue weighted by Gasteiger charge is 2.09. The van der Waals surface area contributed by atoms with Gasteiger partial charge in [-0.1, -0.05) is 23.9 Å². The maximum Gasteiger partial charge on any atom is 0.271 e. The molecule has 1 aromatic carbocycles. The molecule has 2 aromatic heterocycles. The number of thiophene rings is 1. The molecule has 6 nitrogen and oxygen atoms in total. The lowest BCUT2D eigenvalue weighted by Crippen LogP contribution is -2.19. The van der Waals surface area contributed by atoms with Crippen molar-refractivity contribution < 1.29 is 4.79 Å². The van der Waals surface area contributed by atoms with E-state index in [9.17, 15) is 4.79 Å². The number of aryl methyl sites for hydroxylation is 3. The molecule has 0 bridgehead atoms. The average Bonchev–Trinajstić information content (AvgIpc) is 3.22. The normalized spacial score (nSPS) is 11.6. The number of thioether (sulfide) groups is 1. The molecule has 0 aliphatic heterocycles. The first-order valence-corrected chi connectivity index (χ1v) is 10.2. The molecule has 2 heterocycles. The summed E-state index contributed by atoms with van der Waals surface area (Å²) in [4.78, 5) is 14.8. The fraction of sp³-hybridized carbons (Fsp3) is 0.263. The molecule has 0 aliphatic rings. The largest absolute Gasteiger partial charge is 0.312 e. The van der Waals surface area contributed by atoms with Crippen molar-refractivity contribution in [3.8, 4) is 0 Å². The number of hydrogen-bond acceptors (Lipinski definition) is 6. The predicted octanol–water partition coefficient (Wildman–Crippen LogP) is 3.94. The zero-order chi connectivity index (χ0) is 19.4. The number of hydrazone groups is 1. The summed E-state index contributed by atoms with van der Waals surface area (Å²) in [7, 11) is 1.91. The van der Waals surface area contributed by atoms with Crippen LogP contribution in [0, 0.1) is 13.8 Å². The number of benzene rings is 1. The second kappa shape index (κ2) is 8.49. The van der Waals surface area contributed by atoms with Crippen LogP contribution >= 0.6 is 23.1 Å². The molecule has 0 atom stereocenters. The molecule has 0 saturated carbocycles. The number of nitrogens with one attached hydrogen (secondary N) is 1. The summed E-state index contributed by atoms with van der Waals surface area (Å²) in [5, 5.41) is 13.0. The van der Waals surface area contributed by atoms with Crippen LogP contribution in [0.2, 0.25) is 0 Å². The van der Waals surface area contributed by atoms with Gasteiger partial charge in [0.1, 0.15) is 6.33 Å². The van der Waals surface area contributed by atoms with Gasteiger partial charge >= 0.3 is 0 Å². The summed E-state index contributed by atoms with van der Waals surface area (Å²) in [6.45, 7) is 6.03. The van der Waals surface area contributed by atoms with Crippen LogP contribution in [-0.4, -0.2) is 26.4 Å². The number of aromatic nitrogens is 3. The van der Waals surface area contributed by atoms with Gasteiger partial charge in [-0.3, -0.25) is 4.79 Å². The van der Waals surface area contributed by atoms with Gasteiger partial charge in [0.05, 0.1) is 5.71 Å². The van der Waals surface area contributed by atoms with Crippen molar-refractivity contribution >= 4 is 34.7 Å². The second-order valence-corrected chi connectivity index (χ2v) is 8.58. The Morgan fingerprint density at radius 1 is 1.30 bits per heavy atom. The fourth-order valence-corrected chi connectivity index (χ4v) is 4.37. The van der Waals surface area contributed by atoms with E-state index < -0.39 is 0 Å². The minimum absolute atomic E-state index is 0.216. The van der Waals surface area contributed by atoms with Gasteiger partial charge in [-0.25, -0.2) is 5.43 Å². The van der Waals surface area contributed by atoms with Crippen LogP contribution in [0.1, 0.15) is 38.2 Å². The van der Waals surface area contributed by atoms with Crippen molar-refractivity contribution in [2.24, 2.45) is 12.1 Å². The maximum atomic E-state index is 12.3. The summed E-state index contributed by atoms with van der Waals surface area (Å²) >= 11 is 3.33. The zero-order valence-electron chi connectivity index (χ0n) is 15.7. The monoisotopic (exact) mass is 399 g/mol. The van der Waals surface area contributed by atoms with Gasteiger partial charge in [0.2, 0.25) is 0 Å². The molecule has 1 amide bonds. The highest BCUT2D eigenvalue weighted by Crippen LogP contribution is 2.21. The van der Waals surface area contributed by atoms with E-state index in [1.807, 2.05) is 42.8 Å². The van der Waals surface area contributed by atoms with Crippen molar-refractivity contribution in [1.29, 1.82) is 0 Å². The van der Waals surface area contributed by atoms with E-state index in [-0.39, 0.29) is 5.91 Å². The topological polar surface area (TPSA) is 72.2 Å². The van der Waals surface area contributed by atoms with Crippen LogP contribution in [0.15, 0.2) is 46.9 Å². The van der Waals surface area contributed by atoms with Crippen molar-refractivity contribution in [2.45, 2.75) is 31.7 Å². The Morgan fingerprint density at radius 3 is 2.63 bits per heavy atom. The van der Waals surface area contributed by atoms with E-state index in [0.717, 1.165) is 27.7 Å². The third-order valence-electron chi connectivity index (χ3n) is 4.01. The van der Waals surface area contributed by atoms with Gasteiger partial charge < -0.3 is 4.57 Å². The molecule has 0 saturated heterocycles. The molecule has 0 unspecified atom stereocenters. The molecular weight excluding hydrogens is 378 g/mol. The van der Waals surface area contributed by atoms with Crippen LogP contribution in [-0.2, 0) is 12.8 Å². The standard InChI is InChI=1S/C19H21N5OS2/c1-12-9-17(14(3)27-12)13(2)21-22-18(25)16-7-5-15(6-8-16)10-26-19-23-20-11-24(19)4/h5-9,11H,10H2,1-4H3,(H,22,25)/b21-13-. The summed E-state index contributed by atoms with van der Waals surface area (Å²) < 4.78 is 1.88. The van der Waals surface area contributed by atoms with Crippen LogP contribution in [0.25, 0.3) is 0 Å². The van der Waals surface area contributed by atoms with E-state index in [4.69, 9.17) is 0 Å². The Balaban J connectivity index is 1.59. The summed E-state index contributed by atoms with van der Waals surface area (Å²) in [6.07, 6.45) is 1.68. The summed E-state index contributed by atoms with van der Waals surface area (Å²) in [6, 6.07) is 9.61. The molecule has 140 valence electrons. The van der Waals surface area contributed by atoms with Crippen molar-refractivity contribution in [3.05, 3.63) is 63.1 Å². The first kappa shape index (κ1) is 19.3. The Kier molecular flexibility index (Phi) is 6.08. The van der Waals surface area contributed by atoms with E-state index in [1.54, 1.807) is 29.4 Å². The molecule has 8 heteroatoms. The van der Waals surface area contributed by atoms with Gasteiger partial charge in [0, 0.05) is 33.7 Å². The molecule has 0 fully saturated rings. The SMILES string of the molecule is C/C(=N/NC(=O)c1ccc(CSc2nncn2C)cc1)c1cc(C)sc1C. The van der Waals surface area contributed by atoms with Gasteiger partial charge in [-0.15, -0.1) is 21.5 Å². The number of carbonyl (C=O) groups excluding carboxylic acids is 1. The van der Waals surface area contributed by atoms with Crippen LogP contribution in [0.3, 0.4) is 0 Å². The van der Waals surface area contributed by atoms with Crippen molar-refractivity contribution in [3.63, 3.8) is 0 Å². The first-order valence-electron chi connectivity index (χ1n) is 8.42. The van der Waals surface area contributed by atoms with Crippen molar-refractivity contribution in [1.82, 2.24) is 20.2 Å². The summed E-state index contributed by atoms with van der Waals surface area (Å²) in [5.41, 5.74) is 6.22. The number of nitrogens with zero attached hydrogens (tertiary/aromatic N) is 4. The fourth-order valence-electron chi connectivity index (χ4n) is 2.55. The van der Waals surface area contributed by atoms with Crippen molar-refractivity contribution in [2.75, 3.05) is 0 Å². The van der Waals surface area contributed by atoms with Gasteiger partial charge in [0.15, 0.2) is 5.16 Å². The number of amides is 1. The van der Waals surface area contributed by atoms with E-state index in [0.29, 0.717) is 5.56 Å². The third kappa shape index (κ3) is 4.84. The van der Waals surface area contributed by atoms with E-state index in [1.165, 1.54) is 9.75 Å². The average molecular weight is 400 g/mol. The van der Waals surface area contributed by atoms with E-state index in [2.05, 4.69) is 40.6 Å².